The van der Waals surface area contributed by atoms with E-state index in [0.717, 1.165) is 5.56 Å². The first-order chi connectivity index (χ1) is 14.1. The number of nitrogens with zero attached hydrogens (tertiary/aromatic N) is 2. The van der Waals surface area contributed by atoms with E-state index in [4.69, 9.17) is 16.3 Å². The second kappa shape index (κ2) is 9.21. The van der Waals surface area contributed by atoms with Gasteiger partial charge in [0.2, 0.25) is 0 Å². The van der Waals surface area contributed by atoms with E-state index < -0.39 is 0 Å². The molecule has 7 heteroatoms. The molecule has 2 aromatic heterocycles. The van der Waals surface area contributed by atoms with Gasteiger partial charge in [-0.1, -0.05) is 37.6 Å². The summed E-state index contributed by atoms with van der Waals surface area (Å²) in [6.45, 7) is 4.34. The van der Waals surface area contributed by atoms with Gasteiger partial charge in [0.05, 0.1) is 16.7 Å². The summed E-state index contributed by atoms with van der Waals surface area (Å²) in [4.78, 5) is 30.3. The van der Waals surface area contributed by atoms with Gasteiger partial charge in [0, 0.05) is 17.3 Å². The molecule has 6 nitrogen and oxygen atoms in total. The SMILES string of the molecule is CC.O=Cc1nc2ccc(-n3ccc(OCc4ccc(Cl)cc4)cc3=O)cc2[nH]1. The molecular formula is C22H20ClN3O3. The number of aldehydes is 1. The summed E-state index contributed by atoms with van der Waals surface area (Å²) in [5.41, 5.74) is 2.75. The number of aromatic amines is 1. The van der Waals surface area contributed by atoms with Gasteiger partial charge >= 0.3 is 0 Å². The Morgan fingerprint density at radius 1 is 1.10 bits per heavy atom. The van der Waals surface area contributed by atoms with Crippen LogP contribution in [0.4, 0.5) is 0 Å². The van der Waals surface area contributed by atoms with Crippen LogP contribution in [0.15, 0.2) is 65.6 Å². The fourth-order valence-electron chi connectivity index (χ4n) is 2.73. The van der Waals surface area contributed by atoms with Crippen LogP contribution in [0.1, 0.15) is 30.0 Å². The van der Waals surface area contributed by atoms with Crippen molar-refractivity contribution in [2.24, 2.45) is 0 Å². The lowest BCUT2D eigenvalue weighted by Gasteiger charge is -2.09. The van der Waals surface area contributed by atoms with Crippen LogP contribution in [0.2, 0.25) is 5.02 Å². The molecule has 2 heterocycles. The zero-order valence-corrected chi connectivity index (χ0v) is 16.8. The lowest BCUT2D eigenvalue weighted by molar-refractivity contribution is 0.111. The Balaban J connectivity index is 0.00000117. The number of carbonyl (C=O) groups is 1. The molecule has 0 saturated carbocycles. The highest BCUT2D eigenvalue weighted by molar-refractivity contribution is 6.30. The Labute approximate surface area is 172 Å². The average molecular weight is 410 g/mol. The number of carbonyl (C=O) groups excluding carboxylic acids is 1. The molecule has 0 unspecified atom stereocenters. The van der Waals surface area contributed by atoms with E-state index in [1.165, 1.54) is 10.6 Å². The molecule has 0 saturated heterocycles. The number of halogens is 1. The van der Waals surface area contributed by atoms with Gasteiger partial charge in [-0.05, 0) is 42.0 Å². The molecule has 0 aliphatic carbocycles. The number of nitrogens with one attached hydrogen (secondary N) is 1. The van der Waals surface area contributed by atoms with Crippen LogP contribution in [0.3, 0.4) is 0 Å². The molecule has 148 valence electrons. The second-order valence-corrected chi connectivity index (χ2v) is 6.36. The van der Waals surface area contributed by atoms with E-state index in [-0.39, 0.29) is 11.4 Å². The van der Waals surface area contributed by atoms with Crippen molar-refractivity contribution in [3.8, 4) is 11.4 Å². The largest absolute Gasteiger partial charge is 0.489 e. The maximum atomic E-state index is 12.5. The molecule has 4 aromatic rings. The van der Waals surface area contributed by atoms with Gasteiger partial charge in [0.15, 0.2) is 12.1 Å². The summed E-state index contributed by atoms with van der Waals surface area (Å²) >= 11 is 5.86. The minimum atomic E-state index is -0.224. The van der Waals surface area contributed by atoms with Crippen molar-refractivity contribution in [3.63, 3.8) is 0 Å². The van der Waals surface area contributed by atoms with Crippen molar-refractivity contribution in [2.45, 2.75) is 20.5 Å². The third-order valence-electron chi connectivity index (χ3n) is 4.08. The number of H-pyrrole nitrogens is 1. The normalized spacial score (nSPS) is 10.3. The fraction of sp³-hybridized carbons (Fsp3) is 0.136. The number of benzene rings is 2. The molecular weight excluding hydrogens is 390 g/mol. The van der Waals surface area contributed by atoms with Crippen LogP contribution < -0.4 is 10.3 Å². The summed E-state index contributed by atoms with van der Waals surface area (Å²) in [6, 6.07) is 15.8. The zero-order chi connectivity index (χ0) is 20.8. The number of rotatable bonds is 5. The third kappa shape index (κ3) is 4.73. The Hall–Kier alpha value is -3.38. The van der Waals surface area contributed by atoms with Gasteiger partial charge in [-0.15, -0.1) is 0 Å². The van der Waals surface area contributed by atoms with Crippen LogP contribution in [0.5, 0.6) is 5.75 Å². The molecule has 0 bridgehead atoms. The van der Waals surface area contributed by atoms with E-state index in [2.05, 4.69) is 9.97 Å². The van der Waals surface area contributed by atoms with E-state index in [1.807, 2.05) is 26.0 Å². The van der Waals surface area contributed by atoms with Crippen LogP contribution in [0, 0.1) is 0 Å². The summed E-state index contributed by atoms with van der Waals surface area (Å²) in [5.74, 6) is 0.734. The molecule has 2 aromatic carbocycles. The number of fused-ring (bicyclic) bond motifs is 1. The molecule has 0 radical (unpaired) electrons. The highest BCUT2D eigenvalue weighted by atomic mass is 35.5. The molecule has 29 heavy (non-hydrogen) atoms. The van der Waals surface area contributed by atoms with Gasteiger partial charge in [-0.25, -0.2) is 4.98 Å². The summed E-state index contributed by atoms with van der Waals surface area (Å²) in [5, 5.41) is 0.663. The maximum absolute atomic E-state index is 12.5. The van der Waals surface area contributed by atoms with E-state index in [0.29, 0.717) is 40.4 Å². The van der Waals surface area contributed by atoms with Gasteiger partial charge in [-0.2, -0.15) is 0 Å². The second-order valence-electron chi connectivity index (χ2n) is 5.93. The van der Waals surface area contributed by atoms with Crippen LogP contribution in [-0.4, -0.2) is 20.8 Å². The standard InChI is InChI=1S/C20H14ClN3O3.C2H6/c21-14-3-1-13(2-4-14)12-27-16-7-8-24(20(26)10-16)15-5-6-17-18(9-15)23-19(11-25)22-17;1-2/h1-11H,12H2,(H,22,23);1-2H3. The number of imidazole rings is 1. The Kier molecular flexibility index (Phi) is 6.46. The molecule has 0 spiro atoms. The van der Waals surface area contributed by atoms with E-state index in [9.17, 15) is 9.59 Å². The smallest absolute Gasteiger partial charge is 0.258 e. The molecule has 0 amide bonds. The number of pyridine rings is 1. The quantitative estimate of drug-likeness (QED) is 0.481. The lowest BCUT2D eigenvalue weighted by Crippen LogP contribution is -2.16. The number of hydrogen-bond acceptors (Lipinski definition) is 4. The molecule has 0 aliphatic rings. The number of hydrogen-bond donors (Lipinski definition) is 1. The van der Waals surface area contributed by atoms with E-state index in [1.54, 1.807) is 42.6 Å². The van der Waals surface area contributed by atoms with Crippen molar-refractivity contribution in [3.05, 3.63) is 87.6 Å². The molecule has 0 aliphatic heterocycles. The number of aromatic nitrogens is 3. The topological polar surface area (TPSA) is 77.0 Å². The van der Waals surface area contributed by atoms with Gasteiger partial charge in [0.25, 0.3) is 5.56 Å². The Morgan fingerprint density at radius 3 is 2.55 bits per heavy atom. The van der Waals surface area contributed by atoms with Crippen molar-refractivity contribution in [2.75, 3.05) is 0 Å². The summed E-state index contributed by atoms with van der Waals surface area (Å²) < 4.78 is 7.18. The van der Waals surface area contributed by atoms with Crippen molar-refractivity contribution >= 4 is 28.9 Å². The first-order valence-electron chi connectivity index (χ1n) is 9.18. The fourth-order valence-corrected chi connectivity index (χ4v) is 2.86. The average Bonchev–Trinajstić information content (AvgIpc) is 3.17. The highest BCUT2D eigenvalue weighted by Gasteiger charge is 2.06. The molecule has 1 N–H and O–H groups in total. The van der Waals surface area contributed by atoms with Crippen molar-refractivity contribution in [1.82, 2.24) is 14.5 Å². The monoisotopic (exact) mass is 409 g/mol. The highest BCUT2D eigenvalue weighted by Crippen LogP contribution is 2.17. The molecule has 0 atom stereocenters. The summed E-state index contributed by atoms with van der Waals surface area (Å²) in [6.07, 6.45) is 2.30. The van der Waals surface area contributed by atoms with Gasteiger partial charge in [0.1, 0.15) is 12.4 Å². The predicted octanol–water partition coefficient (Wildman–Crippen LogP) is 4.78. The number of ether oxygens (including phenoxy) is 1. The first kappa shape index (κ1) is 20.4. The van der Waals surface area contributed by atoms with E-state index >= 15 is 0 Å². The zero-order valence-electron chi connectivity index (χ0n) is 16.1. The van der Waals surface area contributed by atoms with Crippen LogP contribution >= 0.6 is 11.6 Å². The van der Waals surface area contributed by atoms with Crippen molar-refractivity contribution < 1.29 is 9.53 Å². The van der Waals surface area contributed by atoms with Crippen molar-refractivity contribution in [1.29, 1.82) is 0 Å². The maximum Gasteiger partial charge on any atom is 0.258 e. The first-order valence-corrected chi connectivity index (χ1v) is 9.55. The van der Waals surface area contributed by atoms with Gasteiger partial charge < -0.3 is 9.72 Å². The lowest BCUT2D eigenvalue weighted by atomic mass is 10.2. The Morgan fingerprint density at radius 2 is 1.86 bits per heavy atom. The van der Waals surface area contributed by atoms with Gasteiger partial charge in [-0.3, -0.25) is 14.2 Å². The minimum absolute atomic E-state index is 0.224. The van der Waals surface area contributed by atoms with Crippen LogP contribution in [-0.2, 0) is 6.61 Å². The van der Waals surface area contributed by atoms with Crippen LogP contribution in [0.25, 0.3) is 16.7 Å². The predicted molar refractivity (Wildman–Crippen MR) is 114 cm³/mol. The third-order valence-corrected chi connectivity index (χ3v) is 4.34. The molecule has 4 rings (SSSR count). The summed E-state index contributed by atoms with van der Waals surface area (Å²) in [7, 11) is 0. The molecule has 0 fully saturated rings. The Bertz CT molecular complexity index is 1180. The minimum Gasteiger partial charge on any atom is -0.489 e.